The number of hydrogen-bond donors (Lipinski definition) is 0. The molecule has 3 heterocycles. The predicted molar refractivity (Wildman–Crippen MR) is 99.4 cm³/mol. The first-order chi connectivity index (χ1) is 12.1. The molecule has 5 heteroatoms. The van der Waals surface area contributed by atoms with E-state index >= 15 is 0 Å². The van der Waals surface area contributed by atoms with Gasteiger partial charge in [-0.1, -0.05) is 18.2 Å². The van der Waals surface area contributed by atoms with E-state index in [2.05, 4.69) is 53.0 Å². The summed E-state index contributed by atoms with van der Waals surface area (Å²) in [4.78, 5) is 24.2. The summed E-state index contributed by atoms with van der Waals surface area (Å²) >= 11 is 0. The van der Waals surface area contributed by atoms with Crippen LogP contribution in [0.5, 0.6) is 0 Å². The van der Waals surface area contributed by atoms with Gasteiger partial charge in [0.25, 0.3) is 5.91 Å². The van der Waals surface area contributed by atoms with Gasteiger partial charge in [0.2, 0.25) is 0 Å². The second-order valence-corrected chi connectivity index (χ2v) is 7.02. The number of fused-ring (bicyclic) bond motifs is 1. The van der Waals surface area contributed by atoms with Gasteiger partial charge in [0.05, 0.1) is 5.56 Å². The van der Waals surface area contributed by atoms with Crippen LogP contribution in [-0.4, -0.2) is 60.0 Å². The van der Waals surface area contributed by atoms with E-state index in [9.17, 15) is 4.79 Å². The molecule has 1 aromatic heterocycles. The number of amides is 1. The minimum absolute atomic E-state index is 0.0905. The third-order valence-corrected chi connectivity index (χ3v) is 5.24. The van der Waals surface area contributed by atoms with Crippen LogP contribution in [0.2, 0.25) is 0 Å². The Hall–Kier alpha value is -2.40. The molecule has 5 nitrogen and oxygen atoms in total. The van der Waals surface area contributed by atoms with Crippen molar-refractivity contribution in [3.63, 3.8) is 0 Å². The van der Waals surface area contributed by atoms with E-state index in [1.54, 1.807) is 6.20 Å². The van der Waals surface area contributed by atoms with Crippen LogP contribution in [0.4, 0.5) is 11.5 Å². The maximum atomic E-state index is 13.1. The number of pyridine rings is 1. The number of carbonyl (C=O) groups excluding carboxylic acids is 1. The Morgan fingerprint density at radius 3 is 2.64 bits per heavy atom. The van der Waals surface area contributed by atoms with E-state index in [0.717, 1.165) is 38.4 Å². The van der Waals surface area contributed by atoms with Crippen molar-refractivity contribution in [3.8, 4) is 0 Å². The molecular weight excluding hydrogens is 312 g/mol. The zero-order chi connectivity index (χ0) is 17.4. The van der Waals surface area contributed by atoms with E-state index in [1.165, 1.54) is 11.3 Å². The van der Waals surface area contributed by atoms with Crippen molar-refractivity contribution >= 4 is 17.4 Å². The van der Waals surface area contributed by atoms with Gasteiger partial charge < -0.3 is 14.7 Å². The van der Waals surface area contributed by atoms with Gasteiger partial charge in [-0.3, -0.25) is 4.79 Å². The number of nitrogens with zero attached hydrogens (tertiary/aromatic N) is 4. The fourth-order valence-electron chi connectivity index (χ4n) is 3.82. The number of piperazine rings is 1. The molecule has 0 saturated carbocycles. The molecular formula is C20H24N4O. The van der Waals surface area contributed by atoms with Gasteiger partial charge in [-0.15, -0.1) is 0 Å². The number of para-hydroxylation sites is 1. The first kappa shape index (κ1) is 16.1. The van der Waals surface area contributed by atoms with E-state index in [0.29, 0.717) is 11.6 Å². The van der Waals surface area contributed by atoms with Crippen molar-refractivity contribution in [2.75, 3.05) is 38.1 Å². The van der Waals surface area contributed by atoms with Crippen LogP contribution in [0.3, 0.4) is 0 Å². The Kier molecular flexibility index (Phi) is 4.17. The van der Waals surface area contributed by atoms with E-state index in [4.69, 9.17) is 0 Å². The van der Waals surface area contributed by atoms with Crippen molar-refractivity contribution in [2.24, 2.45) is 0 Å². The highest BCUT2D eigenvalue weighted by Gasteiger charge is 2.32. The summed E-state index contributed by atoms with van der Waals surface area (Å²) < 4.78 is 0. The summed E-state index contributed by atoms with van der Waals surface area (Å²) in [6.07, 6.45) is 2.76. The molecule has 4 rings (SSSR count). The van der Waals surface area contributed by atoms with Crippen LogP contribution >= 0.6 is 0 Å². The summed E-state index contributed by atoms with van der Waals surface area (Å²) in [6.45, 7) is 5.58. The van der Waals surface area contributed by atoms with Crippen molar-refractivity contribution in [3.05, 3.63) is 53.7 Å². The lowest BCUT2D eigenvalue weighted by atomic mass is 10.1. The molecule has 0 bridgehead atoms. The van der Waals surface area contributed by atoms with Gasteiger partial charge in [0, 0.05) is 44.1 Å². The zero-order valence-corrected chi connectivity index (χ0v) is 14.9. The van der Waals surface area contributed by atoms with Crippen LogP contribution in [0.25, 0.3) is 0 Å². The Labute approximate surface area is 148 Å². The summed E-state index contributed by atoms with van der Waals surface area (Å²) in [5.74, 6) is 0.872. The lowest BCUT2D eigenvalue weighted by Crippen LogP contribution is -2.47. The third-order valence-electron chi connectivity index (χ3n) is 5.24. The molecule has 1 aromatic carbocycles. The van der Waals surface area contributed by atoms with Gasteiger partial charge in [-0.05, 0) is 44.2 Å². The quantitative estimate of drug-likeness (QED) is 0.845. The van der Waals surface area contributed by atoms with Crippen LogP contribution in [0, 0.1) is 0 Å². The number of hydrogen-bond acceptors (Lipinski definition) is 4. The fourth-order valence-corrected chi connectivity index (χ4v) is 3.82. The molecule has 2 aliphatic heterocycles. The normalized spacial score (nSPS) is 20.6. The summed E-state index contributed by atoms with van der Waals surface area (Å²) in [7, 11) is 2.10. The molecule has 2 aliphatic rings. The molecule has 130 valence electrons. The molecule has 1 amide bonds. The lowest BCUT2D eigenvalue weighted by Gasteiger charge is -2.33. The Bertz CT molecular complexity index is 783. The standard InChI is InChI=1S/C20H24N4O/c1-15-14-16-6-3-4-8-18(16)24(15)19-17(7-5-9-21-19)20(25)23-12-10-22(2)11-13-23/h3-9,15H,10-14H2,1-2H3. The Morgan fingerprint density at radius 1 is 1.08 bits per heavy atom. The summed E-state index contributed by atoms with van der Waals surface area (Å²) in [6, 6.07) is 12.5. The van der Waals surface area contributed by atoms with E-state index in [-0.39, 0.29) is 5.91 Å². The van der Waals surface area contributed by atoms with Crippen LogP contribution in [0.15, 0.2) is 42.6 Å². The minimum Gasteiger partial charge on any atom is -0.336 e. The fraction of sp³-hybridized carbons (Fsp3) is 0.400. The van der Waals surface area contributed by atoms with Crippen LogP contribution in [-0.2, 0) is 6.42 Å². The Balaban J connectivity index is 1.69. The molecule has 1 fully saturated rings. The molecule has 2 aromatic rings. The molecule has 25 heavy (non-hydrogen) atoms. The highest BCUT2D eigenvalue weighted by molar-refractivity contribution is 6.00. The molecule has 1 atom stereocenters. The highest BCUT2D eigenvalue weighted by Crippen LogP contribution is 2.38. The molecule has 0 N–H and O–H groups in total. The van der Waals surface area contributed by atoms with Crippen LogP contribution < -0.4 is 4.90 Å². The summed E-state index contributed by atoms with van der Waals surface area (Å²) in [5.41, 5.74) is 3.19. The summed E-state index contributed by atoms with van der Waals surface area (Å²) in [5, 5.41) is 0. The first-order valence-electron chi connectivity index (χ1n) is 8.95. The van der Waals surface area contributed by atoms with Gasteiger partial charge in [0.1, 0.15) is 5.82 Å². The third kappa shape index (κ3) is 2.89. The molecule has 0 spiro atoms. The second-order valence-electron chi connectivity index (χ2n) is 7.02. The number of likely N-dealkylation sites (N-methyl/N-ethyl adjacent to an activating group) is 1. The highest BCUT2D eigenvalue weighted by atomic mass is 16.2. The van der Waals surface area contributed by atoms with Crippen LogP contribution in [0.1, 0.15) is 22.8 Å². The molecule has 0 radical (unpaired) electrons. The maximum Gasteiger partial charge on any atom is 0.257 e. The van der Waals surface area contributed by atoms with Gasteiger partial charge in [-0.25, -0.2) is 4.98 Å². The topological polar surface area (TPSA) is 39.7 Å². The van der Waals surface area contributed by atoms with Crippen molar-refractivity contribution in [1.82, 2.24) is 14.8 Å². The number of benzene rings is 1. The van der Waals surface area contributed by atoms with Gasteiger partial charge in [-0.2, -0.15) is 0 Å². The second kappa shape index (κ2) is 6.48. The maximum absolute atomic E-state index is 13.1. The SMILES string of the molecule is CC1Cc2ccccc2N1c1ncccc1C(=O)N1CCN(C)CC1. The average molecular weight is 336 g/mol. The zero-order valence-electron chi connectivity index (χ0n) is 14.9. The molecule has 1 unspecified atom stereocenters. The molecule has 1 saturated heterocycles. The minimum atomic E-state index is 0.0905. The lowest BCUT2D eigenvalue weighted by molar-refractivity contribution is 0.0664. The predicted octanol–water partition coefficient (Wildman–Crippen LogP) is 2.55. The number of rotatable bonds is 2. The largest absolute Gasteiger partial charge is 0.336 e. The van der Waals surface area contributed by atoms with E-state index < -0.39 is 0 Å². The van der Waals surface area contributed by atoms with E-state index in [1.807, 2.05) is 17.0 Å². The van der Waals surface area contributed by atoms with Crippen molar-refractivity contribution < 1.29 is 4.79 Å². The molecule has 0 aliphatic carbocycles. The number of carbonyl (C=O) groups is 1. The first-order valence-corrected chi connectivity index (χ1v) is 8.95. The van der Waals surface area contributed by atoms with Gasteiger partial charge in [0.15, 0.2) is 0 Å². The van der Waals surface area contributed by atoms with Crippen molar-refractivity contribution in [1.29, 1.82) is 0 Å². The van der Waals surface area contributed by atoms with Crippen molar-refractivity contribution in [2.45, 2.75) is 19.4 Å². The monoisotopic (exact) mass is 336 g/mol. The number of aromatic nitrogens is 1. The number of anilines is 2. The smallest absolute Gasteiger partial charge is 0.257 e. The Morgan fingerprint density at radius 2 is 1.84 bits per heavy atom. The van der Waals surface area contributed by atoms with Gasteiger partial charge >= 0.3 is 0 Å². The average Bonchev–Trinajstić information content (AvgIpc) is 2.97.